The van der Waals surface area contributed by atoms with E-state index in [1.54, 1.807) is 18.2 Å². The number of amides is 1. The number of aromatic nitrogens is 4. The molecule has 0 unspecified atom stereocenters. The van der Waals surface area contributed by atoms with Crippen molar-refractivity contribution in [3.05, 3.63) is 66.1 Å². The minimum Gasteiger partial charge on any atom is -0.383 e. The molecule has 0 spiro atoms. The van der Waals surface area contributed by atoms with Gasteiger partial charge in [0.1, 0.15) is 11.5 Å². The van der Waals surface area contributed by atoms with Crippen molar-refractivity contribution in [3.63, 3.8) is 0 Å². The number of carbonyl (C=O) groups is 1. The Morgan fingerprint density at radius 2 is 2.21 bits per heavy atom. The standard InChI is InChI=1S/C26H26N6O2/c1-4-24(33)31-14-19(13-20(31)15-34-3)32-23-9-10-28-26(27)25(23)22(30-32)8-6-17-5-7-21-18(12-17)11-16(2)29-21/h4-5,7,9-12,19-20,29H,1,13-15H2,2-3H3,(H2,27,28)/t19-,20+/m0/s1. The molecular weight excluding hydrogens is 428 g/mol. The van der Waals surface area contributed by atoms with Gasteiger partial charge in [-0.3, -0.25) is 9.48 Å². The highest BCUT2D eigenvalue weighted by molar-refractivity contribution is 5.93. The highest BCUT2D eigenvalue weighted by Gasteiger charge is 2.36. The Hall–Kier alpha value is -4.09. The normalized spacial score (nSPS) is 17.8. The van der Waals surface area contributed by atoms with Gasteiger partial charge in [-0.15, -0.1) is 0 Å². The lowest BCUT2D eigenvalue weighted by Gasteiger charge is -2.22. The summed E-state index contributed by atoms with van der Waals surface area (Å²) in [5, 5.41) is 6.68. The SMILES string of the molecule is C=CC(=O)N1C[C@@H](n2nc(C#Cc3ccc4[nH]c(C)cc4c3)c3c(N)nccc32)C[C@@H]1COC. The van der Waals surface area contributed by atoms with Gasteiger partial charge in [-0.25, -0.2) is 4.98 Å². The maximum Gasteiger partial charge on any atom is 0.246 e. The first-order valence-electron chi connectivity index (χ1n) is 11.1. The molecule has 1 aromatic carbocycles. The molecule has 8 heteroatoms. The predicted molar refractivity (Wildman–Crippen MR) is 132 cm³/mol. The average molecular weight is 455 g/mol. The quantitative estimate of drug-likeness (QED) is 0.364. The van der Waals surface area contributed by atoms with Crippen LogP contribution in [0, 0.1) is 18.8 Å². The number of H-pyrrole nitrogens is 1. The topological polar surface area (TPSA) is 102 Å². The van der Waals surface area contributed by atoms with Crippen molar-refractivity contribution in [2.24, 2.45) is 0 Å². The number of rotatable bonds is 4. The number of likely N-dealkylation sites (tertiary alicyclic amines) is 1. The van der Waals surface area contributed by atoms with Crippen LogP contribution < -0.4 is 5.73 Å². The number of benzene rings is 1. The van der Waals surface area contributed by atoms with Gasteiger partial charge in [0.05, 0.1) is 29.6 Å². The summed E-state index contributed by atoms with van der Waals surface area (Å²) in [6.45, 7) is 6.63. The van der Waals surface area contributed by atoms with E-state index in [1.165, 1.54) is 6.08 Å². The van der Waals surface area contributed by atoms with E-state index in [0.717, 1.165) is 33.1 Å². The van der Waals surface area contributed by atoms with Gasteiger partial charge in [-0.2, -0.15) is 5.10 Å². The van der Waals surface area contributed by atoms with Crippen LogP contribution in [0.2, 0.25) is 0 Å². The van der Waals surface area contributed by atoms with E-state index in [4.69, 9.17) is 15.6 Å². The first-order chi connectivity index (χ1) is 16.5. The molecule has 4 aromatic rings. The van der Waals surface area contributed by atoms with Crippen LogP contribution in [-0.4, -0.2) is 56.9 Å². The number of nitrogen functional groups attached to an aromatic ring is 1. The van der Waals surface area contributed by atoms with E-state index in [0.29, 0.717) is 31.1 Å². The van der Waals surface area contributed by atoms with E-state index in [2.05, 4.69) is 40.5 Å². The molecule has 2 atom stereocenters. The zero-order chi connectivity index (χ0) is 23.8. The van der Waals surface area contributed by atoms with Crippen LogP contribution in [0.1, 0.15) is 29.4 Å². The fourth-order valence-corrected chi connectivity index (χ4v) is 4.77. The molecule has 0 saturated carbocycles. The second-order valence-corrected chi connectivity index (χ2v) is 8.58. The maximum atomic E-state index is 12.4. The molecule has 0 aliphatic carbocycles. The Balaban J connectivity index is 1.54. The van der Waals surface area contributed by atoms with Gasteiger partial charge in [0.15, 0.2) is 0 Å². The van der Waals surface area contributed by atoms with E-state index in [-0.39, 0.29) is 18.0 Å². The lowest BCUT2D eigenvalue weighted by Crippen LogP contribution is -2.37. The maximum absolute atomic E-state index is 12.4. The smallest absolute Gasteiger partial charge is 0.246 e. The summed E-state index contributed by atoms with van der Waals surface area (Å²) in [5.74, 6) is 6.71. The van der Waals surface area contributed by atoms with Gasteiger partial charge in [-0.05, 0) is 55.7 Å². The number of hydrogen-bond donors (Lipinski definition) is 2. The van der Waals surface area contributed by atoms with Crippen molar-refractivity contribution in [1.82, 2.24) is 24.6 Å². The third-order valence-electron chi connectivity index (χ3n) is 6.29. The Kier molecular flexibility index (Phi) is 5.56. The second-order valence-electron chi connectivity index (χ2n) is 8.58. The Labute approximate surface area is 197 Å². The minimum absolute atomic E-state index is 0.0388. The third kappa shape index (κ3) is 3.80. The molecule has 8 nitrogen and oxygen atoms in total. The summed E-state index contributed by atoms with van der Waals surface area (Å²) >= 11 is 0. The first-order valence-corrected chi connectivity index (χ1v) is 11.1. The number of carbonyl (C=O) groups excluding carboxylic acids is 1. The zero-order valence-electron chi connectivity index (χ0n) is 19.2. The van der Waals surface area contributed by atoms with Crippen LogP contribution in [0.15, 0.2) is 49.2 Å². The molecule has 5 rings (SSSR count). The lowest BCUT2D eigenvalue weighted by atomic mass is 10.1. The highest BCUT2D eigenvalue weighted by atomic mass is 16.5. The second kappa shape index (κ2) is 8.69. The number of ether oxygens (including phenoxy) is 1. The summed E-state index contributed by atoms with van der Waals surface area (Å²) in [6, 6.07) is 9.96. The number of anilines is 1. The largest absolute Gasteiger partial charge is 0.383 e. The van der Waals surface area contributed by atoms with E-state index in [1.807, 2.05) is 29.8 Å². The summed E-state index contributed by atoms with van der Waals surface area (Å²) in [6.07, 6.45) is 3.72. The summed E-state index contributed by atoms with van der Waals surface area (Å²) in [7, 11) is 1.64. The molecule has 1 aliphatic rings. The molecule has 0 bridgehead atoms. The third-order valence-corrected chi connectivity index (χ3v) is 6.29. The number of nitrogens with zero attached hydrogens (tertiary/aromatic N) is 4. The van der Waals surface area contributed by atoms with E-state index in [9.17, 15) is 4.79 Å². The average Bonchev–Trinajstić information content (AvgIpc) is 3.51. The van der Waals surface area contributed by atoms with E-state index >= 15 is 0 Å². The van der Waals surface area contributed by atoms with Crippen LogP contribution in [0.3, 0.4) is 0 Å². The fraction of sp³-hybridized carbons (Fsp3) is 0.269. The van der Waals surface area contributed by atoms with Crippen molar-refractivity contribution < 1.29 is 9.53 Å². The van der Waals surface area contributed by atoms with Crippen LogP contribution >= 0.6 is 0 Å². The first kappa shape index (κ1) is 21.7. The molecule has 172 valence electrons. The summed E-state index contributed by atoms with van der Waals surface area (Å²) in [5.41, 5.74) is 10.8. The number of nitrogens with two attached hydrogens (primary N) is 1. The van der Waals surface area contributed by atoms with E-state index < -0.39 is 0 Å². The molecule has 34 heavy (non-hydrogen) atoms. The number of hydrogen-bond acceptors (Lipinski definition) is 5. The zero-order valence-corrected chi connectivity index (χ0v) is 19.2. The van der Waals surface area contributed by atoms with Gasteiger partial charge in [-0.1, -0.05) is 12.5 Å². The van der Waals surface area contributed by atoms with Gasteiger partial charge < -0.3 is 20.4 Å². The molecule has 1 aliphatic heterocycles. The molecule has 3 aromatic heterocycles. The molecular formula is C26H26N6O2. The number of aryl methyl sites for hydroxylation is 1. The molecule has 4 heterocycles. The number of methoxy groups -OCH3 is 1. The molecule has 1 amide bonds. The Bertz CT molecular complexity index is 1470. The predicted octanol–water partition coefficient (Wildman–Crippen LogP) is 3.18. The Morgan fingerprint density at radius 1 is 1.35 bits per heavy atom. The van der Waals surface area contributed by atoms with Gasteiger partial charge in [0.2, 0.25) is 5.91 Å². The fourth-order valence-electron chi connectivity index (χ4n) is 4.77. The van der Waals surface area contributed by atoms with Crippen molar-refractivity contribution in [2.75, 3.05) is 26.0 Å². The van der Waals surface area contributed by atoms with Crippen LogP contribution in [0.25, 0.3) is 21.8 Å². The monoisotopic (exact) mass is 454 g/mol. The lowest BCUT2D eigenvalue weighted by molar-refractivity contribution is -0.127. The van der Waals surface area contributed by atoms with Crippen molar-refractivity contribution >= 4 is 33.5 Å². The number of fused-ring (bicyclic) bond motifs is 2. The minimum atomic E-state index is -0.113. The van der Waals surface area contributed by atoms with Gasteiger partial charge in [0.25, 0.3) is 0 Å². The van der Waals surface area contributed by atoms with Crippen molar-refractivity contribution in [3.8, 4) is 11.8 Å². The molecule has 0 radical (unpaired) electrons. The van der Waals surface area contributed by atoms with Crippen LogP contribution in [-0.2, 0) is 9.53 Å². The van der Waals surface area contributed by atoms with Gasteiger partial charge >= 0.3 is 0 Å². The van der Waals surface area contributed by atoms with Crippen molar-refractivity contribution in [2.45, 2.75) is 25.4 Å². The van der Waals surface area contributed by atoms with Crippen LogP contribution in [0.4, 0.5) is 5.82 Å². The number of aromatic amines is 1. The molecule has 3 N–H and O–H groups in total. The van der Waals surface area contributed by atoms with Crippen molar-refractivity contribution in [1.29, 1.82) is 0 Å². The number of pyridine rings is 1. The summed E-state index contributed by atoms with van der Waals surface area (Å²) in [4.78, 5) is 21.8. The number of nitrogens with one attached hydrogen (secondary N) is 1. The van der Waals surface area contributed by atoms with Crippen LogP contribution in [0.5, 0.6) is 0 Å². The highest BCUT2D eigenvalue weighted by Crippen LogP contribution is 2.32. The van der Waals surface area contributed by atoms with Gasteiger partial charge in [0, 0.05) is 42.0 Å². The Morgan fingerprint density at radius 3 is 3.00 bits per heavy atom. The molecule has 1 saturated heterocycles. The summed E-state index contributed by atoms with van der Waals surface area (Å²) < 4.78 is 7.28. The molecule has 1 fully saturated rings.